The number of aromatic amines is 1. The van der Waals surface area contributed by atoms with Gasteiger partial charge >= 0.3 is 5.69 Å². The topological polar surface area (TPSA) is 174 Å². The predicted octanol–water partition coefficient (Wildman–Crippen LogP) is -2.17. The molecule has 0 radical (unpaired) electrons. The Morgan fingerprint density at radius 1 is 1.52 bits per heavy atom. The normalized spacial score (nSPS) is 31.9. The summed E-state index contributed by atoms with van der Waals surface area (Å²) in [5.41, 5.74) is 5.11. The average molecular weight is 299 g/mol. The number of aliphatic hydroxyl groups excluding tert-OH is 3. The highest BCUT2D eigenvalue weighted by atomic mass is 16.6. The Hall–Kier alpha value is -2.17. The average Bonchev–Trinajstić information content (AvgIpc) is 2.71. The molecule has 1 aromatic rings. The molecule has 0 amide bonds. The number of hydrogen-bond acceptors (Lipinski definition) is 7. The molecule has 1 saturated heterocycles. The Balaban J connectivity index is 2.41. The lowest BCUT2D eigenvalue weighted by molar-refractivity contribution is -0.123. The molecular weight excluding hydrogens is 286 g/mol. The van der Waals surface area contributed by atoms with Crippen LogP contribution in [0, 0.1) is 0 Å². The molecule has 0 spiro atoms. The highest BCUT2D eigenvalue weighted by Crippen LogP contribution is 2.36. The molecule has 21 heavy (non-hydrogen) atoms. The van der Waals surface area contributed by atoms with Gasteiger partial charge in [-0.15, -0.1) is 0 Å². The van der Waals surface area contributed by atoms with Crippen LogP contribution in [-0.4, -0.2) is 55.8 Å². The van der Waals surface area contributed by atoms with E-state index < -0.39 is 48.4 Å². The zero-order valence-corrected chi connectivity index (χ0v) is 10.7. The first-order valence-electron chi connectivity index (χ1n) is 5.92. The van der Waals surface area contributed by atoms with E-state index in [1.165, 1.54) is 0 Å². The standard InChI is InChI=1S/C10H13N5O6/c11-14-12-3-10(4-16)7(19)6(18)8(21-10)15-2-1-5(17)13-9(15)20/h1-2,6-8,16,18-19H,3-4H2,(H,13,17,20)/t6-,7-,8+,10+/m0/s1. The Labute approximate surface area is 116 Å². The van der Waals surface area contributed by atoms with Gasteiger partial charge in [0.25, 0.3) is 5.56 Å². The van der Waals surface area contributed by atoms with Crippen LogP contribution in [0.15, 0.2) is 27.0 Å². The van der Waals surface area contributed by atoms with Gasteiger partial charge in [0.15, 0.2) is 6.23 Å². The molecule has 1 aromatic heterocycles. The molecule has 4 N–H and O–H groups in total. The Bertz CT molecular complexity index is 679. The van der Waals surface area contributed by atoms with Crippen molar-refractivity contribution in [3.63, 3.8) is 0 Å². The predicted molar refractivity (Wildman–Crippen MR) is 67.3 cm³/mol. The maximum atomic E-state index is 11.7. The SMILES string of the molecule is [N-]=[N+]=NC[C@]1(CO)O[C@@H](n2ccc(=O)[nH]c2=O)[C@@H](O)[C@@H]1O. The third-order valence-corrected chi connectivity index (χ3v) is 3.30. The summed E-state index contributed by atoms with van der Waals surface area (Å²) in [5, 5.41) is 32.6. The summed E-state index contributed by atoms with van der Waals surface area (Å²) < 4.78 is 6.22. The van der Waals surface area contributed by atoms with Gasteiger partial charge in [-0.25, -0.2) is 4.79 Å². The highest BCUT2D eigenvalue weighted by Gasteiger charge is 2.54. The van der Waals surface area contributed by atoms with Crippen molar-refractivity contribution in [2.24, 2.45) is 5.11 Å². The second kappa shape index (κ2) is 5.68. The van der Waals surface area contributed by atoms with E-state index in [4.69, 9.17) is 10.3 Å². The minimum Gasteiger partial charge on any atom is -0.393 e. The van der Waals surface area contributed by atoms with E-state index in [9.17, 15) is 24.9 Å². The third-order valence-electron chi connectivity index (χ3n) is 3.30. The molecule has 1 fully saturated rings. The van der Waals surface area contributed by atoms with Crippen LogP contribution in [-0.2, 0) is 4.74 Å². The van der Waals surface area contributed by atoms with Crippen LogP contribution in [0.1, 0.15) is 6.23 Å². The largest absolute Gasteiger partial charge is 0.393 e. The van der Waals surface area contributed by atoms with Gasteiger partial charge in [-0.3, -0.25) is 14.3 Å². The van der Waals surface area contributed by atoms with Crippen molar-refractivity contribution in [1.29, 1.82) is 0 Å². The summed E-state index contributed by atoms with van der Waals surface area (Å²) in [7, 11) is 0. The number of aromatic nitrogens is 2. The van der Waals surface area contributed by atoms with Gasteiger partial charge in [0, 0.05) is 17.2 Å². The van der Waals surface area contributed by atoms with Gasteiger partial charge in [0.2, 0.25) is 0 Å². The molecule has 1 aliphatic heterocycles. The summed E-state index contributed by atoms with van der Waals surface area (Å²) >= 11 is 0. The maximum Gasteiger partial charge on any atom is 0.330 e. The lowest BCUT2D eigenvalue weighted by atomic mass is 9.96. The first kappa shape index (κ1) is 15.2. The fourth-order valence-corrected chi connectivity index (χ4v) is 2.16. The maximum absolute atomic E-state index is 11.7. The van der Waals surface area contributed by atoms with E-state index in [1.807, 2.05) is 4.98 Å². The number of hydrogen-bond donors (Lipinski definition) is 4. The minimum absolute atomic E-state index is 0.438. The summed E-state index contributed by atoms with van der Waals surface area (Å²) in [6.45, 7) is -1.17. The summed E-state index contributed by atoms with van der Waals surface area (Å²) in [6.07, 6.45) is -3.40. The van der Waals surface area contributed by atoms with Crippen molar-refractivity contribution >= 4 is 0 Å². The van der Waals surface area contributed by atoms with Crippen LogP contribution in [0.4, 0.5) is 0 Å². The minimum atomic E-state index is -1.73. The van der Waals surface area contributed by atoms with Gasteiger partial charge in [-0.05, 0) is 5.53 Å². The number of azide groups is 1. The van der Waals surface area contributed by atoms with E-state index in [1.54, 1.807) is 0 Å². The number of nitrogens with zero attached hydrogens (tertiary/aromatic N) is 4. The van der Waals surface area contributed by atoms with E-state index >= 15 is 0 Å². The molecule has 2 rings (SSSR count). The summed E-state index contributed by atoms with van der Waals surface area (Å²) in [5.74, 6) is 0. The lowest BCUT2D eigenvalue weighted by Gasteiger charge is -2.27. The van der Waals surface area contributed by atoms with Crippen LogP contribution < -0.4 is 11.2 Å². The smallest absolute Gasteiger partial charge is 0.330 e. The van der Waals surface area contributed by atoms with Crippen molar-refractivity contribution in [3.05, 3.63) is 43.5 Å². The molecule has 0 unspecified atom stereocenters. The fraction of sp³-hybridized carbons (Fsp3) is 0.600. The van der Waals surface area contributed by atoms with Crippen LogP contribution in [0.3, 0.4) is 0 Å². The summed E-state index contributed by atoms with van der Waals surface area (Å²) in [4.78, 5) is 27.2. The molecule has 0 bridgehead atoms. The van der Waals surface area contributed by atoms with E-state index in [0.717, 1.165) is 16.8 Å². The molecule has 11 heteroatoms. The van der Waals surface area contributed by atoms with Crippen molar-refractivity contribution in [2.45, 2.75) is 24.0 Å². The van der Waals surface area contributed by atoms with E-state index in [2.05, 4.69) is 10.0 Å². The molecule has 11 nitrogen and oxygen atoms in total. The second-order valence-electron chi connectivity index (χ2n) is 4.57. The van der Waals surface area contributed by atoms with Crippen LogP contribution >= 0.6 is 0 Å². The number of rotatable bonds is 4. The van der Waals surface area contributed by atoms with Crippen LogP contribution in [0.5, 0.6) is 0 Å². The van der Waals surface area contributed by atoms with Gasteiger partial charge in [-0.2, -0.15) is 0 Å². The molecule has 0 aromatic carbocycles. The zero-order chi connectivity index (χ0) is 15.6. The first-order valence-corrected chi connectivity index (χ1v) is 5.92. The Kier molecular flexibility index (Phi) is 4.11. The number of aliphatic hydroxyl groups is 3. The summed E-state index contributed by atoms with van der Waals surface area (Å²) in [6, 6.07) is 1.04. The molecule has 0 saturated carbocycles. The van der Waals surface area contributed by atoms with Crippen molar-refractivity contribution in [3.8, 4) is 0 Å². The molecule has 2 heterocycles. The Morgan fingerprint density at radius 2 is 2.24 bits per heavy atom. The monoisotopic (exact) mass is 299 g/mol. The second-order valence-corrected chi connectivity index (χ2v) is 4.57. The van der Waals surface area contributed by atoms with Crippen LogP contribution in [0.25, 0.3) is 10.4 Å². The van der Waals surface area contributed by atoms with E-state index in [0.29, 0.717) is 0 Å². The number of H-pyrrole nitrogens is 1. The lowest BCUT2D eigenvalue weighted by Crippen LogP contribution is -2.48. The van der Waals surface area contributed by atoms with Crippen molar-refractivity contribution in [2.75, 3.05) is 13.2 Å². The molecular formula is C10H13N5O6. The van der Waals surface area contributed by atoms with Gasteiger partial charge in [0.05, 0.1) is 13.2 Å². The number of nitrogens with one attached hydrogen (secondary N) is 1. The van der Waals surface area contributed by atoms with Gasteiger partial charge < -0.3 is 20.1 Å². The fourth-order valence-electron chi connectivity index (χ4n) is 2.16. The van der Waals surface area contributed by atoms with Crippen molar-refractivity contribution < 1.29 is 20.1 Å². The quantitative estimate of drug-likeness (QED) is 0.279. The van der Waals surface area contributed by atoms with Gasteiger partial charge in [-0.1, -0.05) is 5.11 Å². The Morgan fingerprint density at radius 3 is 2.81 bits per heavy atom. The molecule has 0 aliphatic carbocycles. The molecule has 4 atom stereocenters. The number of ether oxygens (including phenoxy) is 1. The highest BCUT2D eigenvalue weighted by molar-refractivity contribution is 5.03. The van der Waals surface area contributed by atoms with Crippen LogP contribution in [0.2, 0.25) is 0 Å². The first-order chi connectivity index (χ1) is 9.95. The molecule has 1 aliphatic rings. The zero-order valence-electron chi connectivity index (χ0n) is 10.7. The third kappa shape index (κ3) is 2.55. The van der Waals surface area contributed by atoms with E-state index in [-0.39, 0.29) is 0 Å². The van der Waals surface area contributed by atoms with Crippen molar-refractivity contribution in [1.82, 2.24) is 9.55 Å². The van der Waals surface area contributed by atoms with Gasteiger partial charge in [0.1, 0.15) is 17.8 Å². The molecule has 114 valence electrons.